The van der Waals surface area contributed by atoms with Crippen molar-refractivity contribution < 1.29 is 24.2 Å². The Balaban J connectivity index is 1.67. The summed E-state index contributed by atoms with van der Waals surface area (Å²) in [6.07, 6.45) is 1.65. The lowest BCUT2D eigenvalue weighted by molar-refractivity contribution is -0.140. The van der Waals surface area contributed by atoms with Crippen molar-refractivity contribution in [2.75, 3.05) is 20.3 Å². The van der Waals surface area contributed by atoms with Crippen LogP contribution in [0, 0.1) is 0 Å². The Kier molecular flexibility index (Phi) is 5.88. The highest BCUT2D eigenvalue weighted by atomic mass is 16.6. The summed E-state index contributed by atoms with van der Waals surface area (Å²) in [7, 11) is 1.66. The number of hydrogen-bond acceptors (Lipinski definition) is 5. The predicted octanol–water partition coefficient (Wildman–Crippen LogP) is 3.13. The first-order chi connectivity index (χ1) is 15.0. The van der Waals surface area contributed by atoms with Crippen molar-refractivity contribution in [3.63, 3.8) is 0 Å². The topological polar surface area (TPSA) is 93.9 Å². The summed E-state index contributed by atoms with van der Waals surface area (Å²) in [5.74, 6) is 0.133. The molecule has 1 amide bonds. The molecule has 0 saturated carbocycles. The third kappa shape index (κ3) is 4.69. The van der Waals surface area contributed by atoms with Gasteiger partial charge in [0, 0.05) is 37.3 Å². The van der Waals surface area contributed by atoms with Gasteiger partial charge in [0.15, 0.2) is 11.5 Å². The van der Waals surface area contributed by atoms with Gasteiger partial charge in [-0.25, -0.2) is 4.68 Å². The maximum absolute atomic E-state index is 12.4. The van der Waals surface area contributed by atoms with Crippen molar-refractivity contribution in [3.8, 4) is 28.4 Å². The van der Waals surface area contributed by atoms with E-state index in [0.29, 0.717) is 31.3 Å². The van der Waals surface area contributed by atoms with Gasteiger partial charge in [-0.15, -0.1) is 0 Å². The van der Waals surface area contributed by atoms with E-state index < -0.39 is 5.97 Å². The summed E-state index contributed by atoms with van der Waals surface area (Å²) in [6, 6.07) is 15.4. The molecule has 1 aromatic heterocycles. The molecule has 0 unspecified atom stereocenters. The molecule has 0 saturated heterocycles. The Bertz CT molecular complexity index is 1090. The molecular weight excluding hydrogens is 398 g/mol. The Morgan fingerprint density at radius 1 is 1.06 bits per heavy atom. The summed E-state index contributed by atoms with van der Waals surface area (Å²) in [5.41, 5.74) is 3.30. The monoisotopic (exact) mass is 421 g/mol. The normalized spacial score (nSPS) is 12.4. The number of carbonyl (C=O) groups is 2. The number of nitrogens with zero attached hydrogens (tertiary/aromatic N) is 3. The van der Waals surface area contributed by atoms with E-state index in [9.17, 15) is 9.59 Å². The standard InChI is InChI=1S/C23H23N3O5/c1-25(21(27)9-10-22(28)29)14-17-15-26(18-5-3-2-4-6-18)24-23(17)16-7-8-19-20(13-16)31-12-11-30-19/h2-8,13,15H,9-12,14H2,1H3,(H,28,29). The molecule has 4 rings (SSSR count). The van der Waals surface area contributed by atoms with Crippen molar-refractivity contribution >= 4 is 11.9 Å². The van der Waals surface area contributed by atoms with E-state index in [1.54, 1.807) is 11.7 Å². The third-order valence-corrected chi connectivity index (χ3v) is 5.01. The first-order valence-electron chi connectivity index (χ1n) is 10.0. The Labute approximate surface area is 179 Å². The number of carboxylic acid groups (broad SMARTS) is 1. The minimum atomic E-state index is -0.990. The van der Waals surface area contributed by atoms with Gasteiger partial charge in [0.05, 0.1) is 17.8 Å². The molecule has 0 bridgehead atoms. The predicted molar refractivity (Wildman–Crippen MR) is 113 cm³/mol. The first-order valence-corrected chi connectivity index (χ1v) is 10.0. The van der Waals surface area contributed by atoms with Crippen LogP contribution in [0.4, 0.5) is 0 Å². The van der Waals surface area contributed by atoms with Crippen LogP contribution in [-0.4, -0.2) is 51.9 Å². The molecule has 3 aromatic rings. The summed E-state index contributed by atoms with van der Waals surface area (Å²) < 4.78 is 13.1. The number of hydrogen-bond donors (Lipinski definition) is 1. The maximum Gasteiger partial charge on any atom is 0.303 e. The van der Waals surface area contributed by atoms with Crippen LogP contribution in [0.2, 0.25) is 0 Å². The lowest BCUT2D eigenvalue weighted by Gasteiger charge is -2.19. The van der Waals surface area contributed by atoms with E-state index in [4.69, 9.17) is 19.7 Å². The molecule has 0 aliphatic carbocycles. The second-order valence-electron chi connectivity index (χ2n) is 7.29. The maximum atomic E-state index is 12.4. The summed E-state index contributed by atoms with van der Waals surface area (Å²) >= 11 is 0. The highest BCUT2D eigenvalue weighted by molar-refractivity contribution is 5.80. The number of aromatic nitrogens is 2. The fourth-order valence-corrected chi connectivity index (χ4v) is 3.42. The molecule has 1 aliphatic heterocycles. The van der Waals surface area contributed by atoms with Crippen molar-refractivity contribution in [2.24, 2.45) is 0 Å². The van der Waals surface area contributed by atoms with Gasteiger partial charge in [-0.2, -0.15) is 5.10 Å². The molecule has 0 spiro atoms. The molecule has 2 heterocycles. The fourth-order valence-electron chi connectivity index (χ4n) is 3.42. The van der Waals surface area contributed by atoms with E-state index in [1.165, 1.54) is 4.90 Å². The quantitative estimate of drug-likeness (QED) is 0.630. The molecule has 0 atom stereocenters. The van der Waals surface area contributed by atoms with Gasteiger partial charge < -0.3 is 19.5 Å². The number of para-hydroxylation sites is 1. The molecule has 8 heteroatoms. The van der Waals surface area contributed by atoms with Crippen LogP contribution in [0.25, 0.3) is 16.9 Å². The van der Waals surface area contributed by atoms with Crippen LogP contribution in [-0.2, 0) is 16.1 Å². The van der Waals surface area contributed by atoms with E-state index in [2.05, 4.69) is 0 Å². The van der Waals surface area contributed by atoms with Crippen LogP contribution in [0.5, 0.6) is 11.5 Å². The first kappa shape index (κ1) is 20.5. The van der Waals surface area contributed by atoms with Gasteiger partial charge >= 0.3 is 5.97 Å². The Morgan fingerprint density at radius 3 is 2.55 bits per heavy atom. The van der Waals surface area contributed by atoms with Crippen LogP contribution in [0.3, 0.4) is 0 Å². The Morgan fingerprint density at radius 2 is 1.81 bits per heavy atom. The molecule has 1 aliphatic rings. The largest absolute Gasteiger partial charge is 0.486 e. The zero-order chi connectivity index (χ0) is 21.8. The molecule has 1 N–H and O–H groups in total. The SMILES string of the molecule is CN(Cc1cn(-c2ccccc2)nc1-c1ccc2c(c1)OCCO2)C(=O)CCC(=O)O. The highest BCUT2D eigenvalue weighted by Crippen LogP contribution is 2.35. The lowest BCUT2D eigenvalue weighted by atomic mass is 10.1. The van der Waals surface area contributed by atoms with Gasteiger partial charge in [-0.3, -0.25) is 9.59 Å². The summed E-state index contributed by atoms with van der Waals surface area (Å²) in [4.78, 5) is 24.7. The zero-order valence-electron chi connectivity index (χ0n) is 17.2. The van der Waals surface area contributed by atoms with Crippen molar-refractivity contribution in [1.29, 1.82) is 0 Å². The number of aliphatic carboxylic acids is 1. The molecular formula is C23H23N3O5. The molecule has 2 aromatic carbocycles. The van der Waals surface area contributed by atoms with Crippen molar-refractivity contribution in [1.82, 2.24) is 14.7 Å². The smallest absolute Gasteiger partial charge is 0.303 e. The van der Waals surface area contributed by atoms with Crippen molar-refractivity contribution in [2.45, 2.75) is 19.4 Å². The number of ether oxygens (including phenoxy) is 2. The number of amides is 1. The van der Waals surface area contributed by atoms with Crippen LogP contribution < -0.4 is 9.47 Å². The minimum Gasteiger partial charge on any atom is -0.486 e. The van der Waals surface area contributed by atoms with Gasteiger partial charge in [-0.1, -0.05) is 18.2 Å². The average Bonchev–Trinajstić information content (AvgIpc) is 3.21. The van der Waals surface area contributed by atoms with E-state index >= 15 is 0 Å². The van der Waals surface area contributed by atoms with Crippen LogP contribution in [0.15, 0.2) is 54.7 Å². The van der Waals surface area contributed by atoms with E-state index in [-0.39, 0.29) is 18.7 Å². The van der Waals surface area contributed by atoms with Crippen LogP contribution in [0.1, 0.15) is 18.4 Å². The van der Waals surface area contributed by atoms with Crippen LogP contribution >= 0.6 is 0 Å². The van der Waals surface area contributed by atoms with E-state index in [1.807, 2.05) is 54.7 Å². The number of fused-ring (bicyclic) bond motifs is 1. The summed E-state index contributed by atoms with van der Waals surface area (Å²) in [6.45, 7) is 1.31. The third-order valence-electron chi connectivity index (χ3n) is 5.01. The molecule has 31 heavy (non-hydrogen) atoms. The van der Waals surface area contributed by atoms with Gasteiger partial charge in [-0.05, 0) is 30.3 Å². The molecule has 0 radical (unpaired) electrons. The highest BCUT2D eigenvalue weighted by Gasteiger charge is 2.20. The molecule has 160 valence electrons. The number of benzene rings is 2. The second kappa shape index (κ2) is 8.91. The minimum absolute atomic E-state index is 0.0436. The molecule has 0 fully saturated rings. The number of carboxylic acids is 1. The van der Waals surface area contributed by atoms with Gasteiger partial charge in [0.1, 0.15) is 13.2 Å². The average molecular weight is 421 g/mol. The number of rotatable bonds is 7. The lowest BCUT2D eigenvalue weighted by Crippen LogP contribution is -2.26. The van der Waals surface area contributed by atoms with Gasteiger partial charge in [0.25, 0.3) is 0 Å². The van der Waals surface area contributed by atoms with E-state index in [0.717, 1.165) is 22.5 Å². The van der Waals surface area contributed by atoms with Crippen molar-refractivity contribution in [3.05, 3.63) is 60.3 Å². The Hall–Kier alpha value is -3.81. The molecule has 8 nitrogen and oxygen atoms in total. The second-order valence-corrected chi connectivity index (χ2v) is 7.29. The fraction of sp³-hybridized carbons (Fsp3) is 0.261. The number of carbonyl (C=O) groups excluding carboxylic acids is 1. The summed E-state index contributed by atoms with van der Waals surface area (Å²) in [5, 5.41) is 13.6. The zero-order valence-corrected chi connectivity index (χ0v) is 17.2. The van der Waals surface area contributed by atoms with Gasteiger partial charge in [0.2, 0.25) is 5.91 Å².